The summed E-state index contributed by atoms with van der Waals surface area (Å²) in [4.78, 5) is 10.3. The Morgan fingerprint density at radius 2 is 2.23 bits per heavy atom. The summed E-state index contributed by atoms with van der Waals surface area (Å²) in [7, 11) is 0. The Morgan fingerprint density at radius 3 is 2.77 bits per heavy atom. The van der Waals surface area contributed by atoms with Crippen molar-refractivity contribution in [2.45, 2.75) is 6.92 Å². The van der Waals surface area contributed by atoms with E-state index in [9.17, 15) is 4.79 Å². The third-order valence-electron chi connectivity index (χ3n) is 1.55. The number of halogens is 1. The molecule has 1 rings (SSSR count). The second-order valence-electron chi connectivity index (χ2n) is 2.72. The maximum atomic E-state index is 10.3. The summed E-state index contributed by atoms with van der Waals surface area (Å²) >= 11 is 5.67. The number of carbonyl (C=O) groups excluding carboxylic acids is 1. The Balaban J connectivity index is 3.04. The molecule has 0 radical (unpaired) electrons. The fourth-order valence-electron chi connectivity index (χ4n) is 0.910. The lowest BCUT2D eigenvalue weighted by atomic mass is 10.1. The van der Waals surface area contributed by atoms with Gasteiger partial charge in [0.05, 0.1) is 5.02 Å². The number of carbonyl (C=O) groups is 1. The number of hydrogen-bond donors (Lipinski definition) is 1. The Hall–Kier alpha value is -1.28. The van der Waals surface area contributed by atoms with Crippen LogP contribution in [0.15, 0.2) is 23.8 Å². The first-order valence-electron chi connectivity index (χ1n) is 3.75. The second kappa shape index (κ2) is 4.10. The van der Waals surface area contributed by atoms with Gasteiger partial charge in [0.2, 0.25) is 0 Å². The summed E-state index contributed by atoms with van der Waals surface area (Å²) in [5, 5.41) is 9.40. The van der Waals surface area contributed by atoms with E-state index in [2.05, 4.69) is 0 Å². The van der Waals surface area contributed by atoms with Crippen LogP contribution in [0.1, 0.15) is 12.5 Å². The normalized spacial score (nSPS) is 11.4. The first-order valence-corrected chi connectivity index (χ1v) is 4.13. The van der Waals surface area contributed by atoms with E-state index in [0.717, 1.165) is 11.8 Å². The van der Waals surface area contributed by atoms with Gasteiger partial charge in [-0.05, 0) is 36.3 Å². The van der Waals surface area contributed by atoms with Crippen LogP contribution in [0.4, 0.5) is 0 Å². The summed E-state index contributed by atoms with van der Waals surface area (Å²) in [6.45, 7) is 1.70. The summed E-state index contributed by atoms with van der Waals surface area (Å²) < 4.78 is 0. The predicted molar refractivity (Wildman–Crippen MR) is 52.8 cm³/mol. The lowest BCUT2D eigenvalue weighted by molar-refractivity contribution is -0.104. The quantitative estimate of drug-likeness (QED) is 0.583. The molecule has 13 heavy (non-hydrogen) atoms. The van der Waals surface area contributed by atoms with Crippen molar-refractivity contribution in [2.24, 2.45) is 0 Å². The van der Waals surface area contributed by atoms with Gasteiger partial charge in [-0.3, -0.25) is 4.79 Å². The van der Waals surface area contributed by atoms with Crippen molar-refractivity contribution in [3.05, 3.63) is 34.4 Å². The highest BCUT2D eigenvalue weighted by Gasteiger charge is 1.97. The van der Waals surface area contributed by atoms with E-state index in [1.165, 1.54) is 6.07 Å². The maximum Gasteiger partial charge on any atom is 0.145 e. The van der Waals surface area contributed by atoms with Gasteiger partial charge in [-0.2, -0.15) is 0 Å². The van der Waals surface area contributed by atoms with Crippen molar-refractivity contribution < 1.29 is 9.90 Å². The van der Waals surface area contributed by atoms with Gasteiger partial charge in [-0.1, -0.05) is 17.7 Å². The van der Waals surface area contributed by atoms with Crippen molar-refractivity contribution in [3.63, 3.8) is 0 Å². The minimum absolute atomic E-state index is 0.0440. The molecule has 0 atom stereocenters. The first kappa shape index (κ1) is 9.81. The standard InChI is InChI=1S/C10H9ClO2/c1-7(6-12)4-8-2-3-10(13)9(11)5-8/h2-6,13H,1H3. The minimum Gasteiger partial charge on any atom is -0.506 e. The van der Waals surface area contributed by atoms with Crippen LogP contribution in [-0.4, -0.2) is 11.4 Å². The zero-order chi connectivity index (χ0) is 9.84. The SMILES string of the molecule is CC(C=O)=Cc1ccc(O)c(Cl)c1. The van der Waals surface area contributed by atoms with Gasteiger partial charge in [0.1, 0.15) is 12.0 Å². The molecule has 1 aromatic carbocycles. The molecule has 0 amide bonds. The molecule has 68 valence electrons. The van der Waals surface area contributed by atoms with Crippen molar-refractivity contribution in [1.82, 2.24) is 0 Å². The lowest BCUT2D eigenvalue weighted by Crippen LogP contribution is -1.78. The molecule has 0 saturated carbocycles. The molecule has 0 fully saturated rings. The molecular weight excluding hydrogens is 188 g/mol. The van der Waals surface area contributed by atoms with E-state index in [-0.39, 0.29) is 10.8 Å². The fourth-order valence-corrected chi connectivity index (χ4v) is 1.10. The van der Waals surface area contributed by atoms with Gasteiger partial charge >= 0.3 is 0 Å². The van der Waals surface area contributed by atoms with E-state index < -0.39 is 0 Å². The van der Waals surface area contributed by atoms with E-state index in [1.807, 2.05) is 0 Å². The van der Waals surface area contributed by atoms with Crippen LogP contribution in [0.3, 0.4) is 0 Å². The third kappa shape index (κ3) is 2.60. The highest BCUT2D eigenvalue weighted by Crippen LogP contribution is 2.24. The van der Waals surface area contributed by atoms with Crippen LogP contribution >= 0.6 is 11.6 Å². The Bertz CT molecular complexity index is 356. The topological polar surface area (TPSA) is 37.3 Å². The van der Waals surface area contributed by atoms with Crippen LogP contribution in [-0.2, 0) is 4.79 Å². The first-order chi connectivity index (χ1) is 6.13. The van der Waals surface area contributed by atoms with Crippen molar-refractivity contribution >= 4 is 24.0 Å². The summed E-state index contributed by atoms with van der Waals surface area (Å²) in [5.41, 5.74) is 1.41. The number of allylic oxidation sites excluding steroid dienone is 1. The zero-order valence-corrected chi connectivity index (χ0v) is 7.88. The number of phenols is 1. The average Bonchev–Trinajstić information content (AvgIpc) is 2.11. The van der Waals surface area contributed by atoms with E-state index >= 15 is 0 Å². The molecule has 0 aromatic heterocycles. The second-order valence-corrected chi connectivity index (χ2v) is 3.12. The van der Waals surface area contributed by atoms with Gasteiger partial charge in [0, 0.05) is 0 Å². The summed E-state index contributed by atoms with van der Waals surface area (Å²) in [5.74, 6) is 0.0440. The van der Waals surface area contributed by atoms with Crippen LogP contribution in [0, 0.1) is 0 Å². The highest BCUT2D eigenvalue weighted by molar-refractivity contribution is 6.32. The van der Waals surface area contributed by atoms with Crippen LogP contribution in [0.2, 0.25) is 5.02 Å². The van der Waals surface area contributed by atoms with E-state index in [1.54, 1.807) is 25.1 Å². The fraction of sp³-hybridized carbons (Fsp3) is 0.100. The molecule has 0 spiro atoms. The Labute approximate surface area is 81.5 Å². The van der Waals surface area contributed by atoms with Crippen LogP contribution < -0.4 is 0 Å². The van der Waals surface area contributed by atoms with Gasteiger partial charge in [-0.25, -0.2) is 0 Å². The molecule has 0 aliphatic carbocycles. The molecule has 0 saturated heterocycles. The van der Waals surface area contributed by atoms with Crippen molar-refractivity contribution in [2.75, 3.05) is 0 Å². The smallest absolute Gasteiger partial charge is 0.145 e. The molecule has 0 bridgehead atoms. The molecule has 0 aliphatic heterocycles. The number of phenolic OH excluding ortho intramolecular Hbond substituents is 1. The van der Waals surface area contributed by atoms with Gasteiger partial charge in [0.15, 0.2) is 0 Å². The summed E-state index contributed by atoms with van der Waals surface area (Å²) in [6, 6.07) is 4.78. The number of hydrogen-bond acceptors (Lipinski definition) is 2. The molecule has 0 aliphatic rings. The van der Waals surface area contributed by atoms with Crippen LogP contribution in [0.5, 0.6) is 5.75 Å². The highest BCUT2D eigenvalue weighted by atomic mass is 35.5. The van der Waals surface area contributed by atoms with Crippen LogP contribution in [0.25, 0.3) is 6.08 Å². The van der Waals surface area contributed by atoms with Gasteiger partial charge < -0.3 is 5.11 Å². The third-order valence-corrected chi connectivity index (χ3v) is 1.85. The van der Waals surface area contributed by atoms with Crippen molar-refractivity contribution in [3.8, 4) is 5.75 Å². The molecule has 0 unspecified atom stereocenters. The van der Waals surface area contributed by atoms with Gasteiger partial charge in [-0.15, -0.1) is 0 Å². The molecular formula is C10H9ClO2. The largest absolute Gasteiger partial charge is 0.506 e. The molecule has 1 N–H and O–H groups in total. The van der Waals surface area contributed by atoms with E-state index in [4.69, 9.17) is 16.7 Å². The number of rotatable bonds is 2. The van der Waals surface area contributed by atoms with E-state index in [0.29, 0.717) is 5.57 Å². The number of aromatic hydroxyl groups is 1. The lowest BCUT2D eigenvalue weighted by Gasteiger charge is -1.98. The average molecular weight is 197 g/mol. The van der Waals surface area contributed by atoms with Crippen molar-refractivity contribution in [1.29, 1.82) is 0 Å². The molecule has 0 heterocycles. The van der Waals surface area contributed by atoms with Gasteiger partial charge in [0.25, 0.3) is 0 Å². The molecule has 1 aromatic rings. The predicted octanol–water partition coefficient (Wildman–Crippen LogP) is 2.65. The minimum atomic E-state index is 0.0440. The summed E-state index contributed by atoms with van der Waals surface area (Å²) in [6.07, 6.45) is 2.46. The Kier molecular flexibility index (Phi) is 3.09. The number of benzene rings is 1. The molecule has 2 nitrogen and oxygen atoms in total. The Morgan fingerprint density at radius 1 is 1.54 bits per heavy atom. The monoisotopic (exact) mass is 196 g/mol. The maximum absolute atomic E-state index is 10.3. The number of aldehydes is 1. The molecule has 3 heteroatoms. The zero-order valence-electron chi connectivity index (χ0n) is 7.12.